The summed E-state index contributed by atoms with van der Waals surface area (Å²) < 4.78 is 21.7. The van der Waals surface area contributed by atoms with Crippen molar-refractivity contribution in [2.45, 2.75) is 0 Å². The summed E-state index contributed by atoms with van der Waals surface area (Å²) in [5.74, 6) is 0. The summed E-state index contributed by atoms with van der Waals surface area (Å²) in [5, 5.41) is 7.51. The lowest BCUT2D eigenvalue weighted by molar-refractivity contribution is 0.276. The molecule has 8 nitrogen and oxygen atoms in total. The third-order valence-electron chi connectivity index (χ3n) is 1.69. The van der Waals surface area contributed by atoms with Gasteiger partial charge in [-0.1, -0.05) is 0 Å². The predicted octanol–water partition coefficient (Wildman–Crippen LogP) is -1.36. The minimum absolute atomic E-state index is 0.0502. The second-order valence-electron chi connectivity index (χ2n) is 2.52. The second kappa shape index (κ2) is 2.32. The maximum atomic E-state index is 11.1. The van der Waals surface area contributed by atoms with Crippen molar-refractivity contribution in [2.75, 3.05) is 0 Å². The van der Waals surface area contributed by atoms with Gasteiger partial charge in [-0.3, -0.25) is 14.7 Å². The third kappa shape index (κ3) is 0.865. The molecule has 2 aliphatic rings. The topological polar surface area (TPSA) is 106 Å². The van der Waals surface area contributed by atoms with Gasteiger partial charge in [0.15, 0.2) is 16.7 Å². The Morgan fingerprint density at radius 1 is 1.64 bits per heavy atom. The van der Waals surface area contributed by atoms with Crippen molar-refractivity contribution in [1.82, 2.24) is 19.7 Å². The first-order valence-corrected chi connectivity index (χ1v) is 4.55. The highest BCUT2D eigenvalue weighted by Crippen LogP contribution is 2.11. The summed E-state index contributed by atoms with van der Waals surface area (Å²) in [4.78, 5) is 10.3. The highest BCUT2D eigenvalue weighted by atomic mass is 32.2. The molecule has 4 rings (SSSR count). The first kappa shape index (κ1) is 7.50. The molecular formula is C5H3N5O3S. The number of nitrogens with zero attached hydrogens (tertiary/aromatic N) is 3. The molecule has 0 saturated heterocycles. The number of nitrogens with one attached hydrogen (secondary N) is 2. The molecule has 0 fully saturated rings. The molecular weight excluding hydrogens is 210 g/mol. The normalized spacial score (nSPS) is 19.0. The number of aromatic amines is 1. The summed E-state index contributed by atoms with van der Waals surface area (Å²) >= 11 is -1.98. The van der Waals surface area contributed by atoms with Gasteiger partial charge < -0.3 is 4.18 Å². The number of hydrogen-bond donors (Lipinski definition) is 2. The van der Waals surface area contributed by atoms with Crippen LogP contribution in [0.2, 0.25) is 0 Å². The van der Waals surface area contributed by atoms with E-state index < -0.39 is 11.4 Å². The SMILES string of the molecule is N=c1nc2[nH]c3ncn(c13)OS(=O)O2. The van der Waals surface area contributed by atoms with E-state index >= 15 is 0 Å². The van der Waals surface area contributed by atoms with E-state index in [1.165, 1.54) is 6.33 Å². The van der Waals surface area contributed by atoms with E-state index in [-0.39, 0.29) is 11.5 Å². The van der Waals surface area contributed by atoms with Crippen LogP contribution < -0.4 is 14.0 Å². The molecule has 2 aromatic rings. The smallest absolute Gasteiger partial charge is 0.332 e. The first-order chi connectivity index (χ1) is 6.74. The Morgan fingerprint density at radius 2 is 2.50 bits per heavy atom. The average molecular weight is 213 g/mol. The first-order valence-electron chi connectivity index (χ1n) is 3.55. The minimum atomic E-state index is -1.98. The maximum absolute atomic E-state index is 11.1. The van der Waals surface area contributed by atoms with Gasteiger partial charge in [0.2, 0.25) is 0 Å². The van der Waals surface area contributed by atoms with Gasteiger partial charge in [-0.15, -0.1) is 4.73 Å². The van der Waals surface area contributed by atoms with Crippen LogP contribution in [0.4, 0.5) is 0 Å². The molecule has 72 valence electrons. The van der Waals surface area contributed by atoms with Crippen molar-refractivity contribution in [3.8, 4) is 6.01 Å². The largest absolute Gasteiger partial charge is 0.440 e. The van der Waals surface area contributed by atoms with Crippen LogP contribution in [0.5, 0.6) is 6.01 Å². The van der Waals surface area contributed by atoms with E-state index in [4.69, 9.17) is 13.9 Å². The monoisotopic (exact) mass is 213 g/mol. The van der Waals surface area contributed by atoms with Crippen LogP contribution in [0, 0.1) is 5.41 Å². The third-order valence-corrected chi connectivity index (χ3v) is 2.26. The molecule has 0 radical (unpaired) electrons. The van der Waals surface area contributed by atoms with Crippen molar-refractivity contribution < 1.29 is 12.7 Å². The summed E-state index contributed by atoms with van der Waals surface area (Å²) in [6.45, 7) is 0. The number of H-pyrrole nitrogens is 1. The molecule has 0 aliphatic carbocycles. The lowest BCUT2D eigenvalue weighted by atomic mass is 10.5. The minimum Gasteiger partial charge on any atom is -0.332 e. The van der Waals surface area contributed by atoms with Gasteiger partial charge in [-0.05, 0) is 0 Å². The Morgan fingerprint density at radius 3 is 3.36 bits per heavy atom. The lowest BCUT2D eigenvalue weighted by Gasteiger charge is -2.08. The van der Waals surface area contributed by atoms with Crippen LogP contribution in [-0.4, -0.2) is 23.9 Å². The number of rotatable bonds is 0. The molecule has 1 atom stereocenters. The Bertz CT molecular complexity index is 601. The van der Waals surface area contributed by atoms with Gasteiger partial charge in [0.05, 0.1) is 0 Å². The highest BCUT2D eigenvalue weighted by molar-refractivity contribution is 7.75. The number of aromatic nitrogens is 4. The van der Waals surface area contributed by atoms with Gasteiger partial charge in [0, 0.05) is 0 Å². The van der Waals surface area contributed by atoms with Gasteiger partial charge in [0.25, 0.3) is 0 Å². The second-order valence-corrected chi connectivity index (χ2v) is 3.24. The standard InChI is InChI=1S/C5H3N5O3S/c6-3-2-4-7-1-10(2)13-14(11)12-5(8-3)9-4/h1H,(H2,6,8,9). The van der Waals surface area contributed by atoms with Crippen molar-refractivity contribution in [2.24, 2.45) is 0 Å². The zero-order valence-electron chi connectivity index (χ0n) is 6.55. The predicted molar refractivity (Wildman–Crippen MR) is 43.1 cm³/mol. The van der Waals surface area contributed by atoms with Crippen molar-refractivity contribution in [3.05, 3.63) is 11.8 Å². The maximum Gasteiger partial charge on any atom is 0.440 e. The molecule has 1 unspecified atom stereocenters. The van der Waals surface area contributed by atoms with E-state index in [0.717, 1.165) is 4.73 Å². The summed E-state index contributed by atoms with van der Waals surface area (Å²) in [6, 6.07) is -0.0502. The molecule has 2 aromatic heterocycles. The van der Waals surface area contributed by atoms with Gasteiger partial charge in [-0.25, -0.2) is 4.98 Å². The number of imidazole rings is 1. The average Bonchev–Trinajstić information content (AvgIpc) is 2.47. The zero-order valence-corrected chi connectivity index (χ0v) is 7.37. The molecule has 0 saturated carbocycles. The molecule has 4 bridgehead atoms. The molecule has 2 aliphatic heterocycles. The molecule has 9 heteroatoms. The Balaban J connectivity index is 2.54. The lowest BCUT2D eigenvalue weighted by Crippen LogP contribution is -2.26. The molecule has 14 heavy (non-hydrogen) atoms. The van der Waals surface area contributed by atoms with E-state index in [2.05, 4.69) is 15.0 Å². The summed E-state index contributed by atoms with van der Waals surface area (Å²) in [6.07, 6.45) is 1.29. The van der Waals surface area contributed by atoms with Crippen molar-refractivity contribution in [3.63, 3.8) is 0 Å². The quantitative estimate of drug-likeness (QED) is 0.562. The molecule has 0 spiro atoms. The Hall–Kier alpha value is -1.90. The van der Waals surface area contributed by atoms with Gasteiger partial charge in [-0.2, -0.15) is 9.19 Å². The van der Waals surface area contributed by atoms with Crippen LogP contribution >= 0.6 is 0 Å². The van der Waals surface area contributed by atoms with Gasteiger partial charge in [0.1, 0.15) is 6.33 Å². The van der Waals surface area contributed by atoms with E-state index in [9.17, 15) is 4.21 Å². The number of fused-ring (bicyclic) bond motifs is 3. The fourth-order valence-electron chi connectivity index (χ4n) is 1.17. The summed E-state index contributed by atoms with van der Waals surface area (Å²) in [7, 11) is 0. The summed E-state index contributed by atoms with van der Waals surface area (Å²) in [5.41, 5.74) is 0.671. The molecule has 4 heterocycles. The molecule has 2 N–H and O–H groups in total. The van der Waals surface area contributed by atoms with E-state index in [0.29, 0.717) is 11.2 Å². The number of hydrogen-bond acceptors (Lipinski definition) is 6. The van der Waals surface area contributed by atoms with Crippen molar-refractivity contribution >= 4 is 22.5 Å². The van der Waals surface area contributed by atoms with Crippen LogP contribution in [0.3, 0.4) is 0 Å². The van der Waals surface area contributed by atoms with E-state index in [1.807, 2.05) is 0 Å². The Kier molecular flexibility index (Phi) is 1.24. The molecule has 0 amide bonds. The van der Waals surface area contributed by atoms with Crippen LogP contribution in [0.25, 0.3) is 11.2 Å². The zero-order chi connectivity index (χ0) is 9.71. The fraction of sp³-hybridized carbons (Fsp3) is 0. The van der Waals surface area contributed by atoms with Crippen LogP contribution in [-0.2, 0) is 11.4 Å². The van der Waals surface area contributed by atoms with Crippen LogP contribution in [0.1, 0.15) is 0 Å². The molecule has 0 aromatic carbocycles. The van der Waals surface area contributed by atoms with Crippen molar-refractivity contribution in [1.29, 1.82) is 5.41 Å². The highest BCUT2D eigenvalue weighted by Gasteiger charge is 2.18. The van der Waals surface area contributed by atoms with Gasteiger partial charge >= 0.3 is 17.4 Å². The Labute approximate surface area is 78.8 Å². The fourth-order valence-corrected chi connectivity index (χ4v) is 1.65. The van der Waals surface area contributed by atoms with E-state index in [1.54, 1.807) is 0 Å². The van der Waals surface area contributed by atoms with Crippen LogP contribution in [0.15, 0.2) is 6.33 Å².